The van der Waals surface area contributed by atoms with Crippen molar-refractivity contribution in [2.45, 2.75) is 13.0 Å². The fourth-order valence-electron chi connectivity index (χ4n) is 2.11. The number of rotatable bonds is 8. The molecule has 0 saturated heterocycles. The van der Waals surface area contributed by atoms with Crippen molar-refractivity contribution in [2.24, 2.45) is 0 Å². The average Bonchev–Trinajstić information content (AvgIpc) is 2.66. The van der Waals surface area contributed by atoms with Crippen LogP contribution in [0.4, 0.5) is 0 Å². The second-order valence-corrected chi connectivity index (χ2v) is 5.41. The molecule has 3 amide bonds. The van der Waals surface area contributed by atoms with E-state index >= 15 is 0 Å². The summed E-state index contributed by atoms with van der Waals surface area (Å²) in [7, 11) is 0. The lowest BCUT2D eigenvalue weighted by Crippen LogP contribution is -2.38. The first-order chi connectivity index (χ1) is 12.1. The Bertz CT molecular complexity index is 702. The van der Waals surface area contributed by atoms with Gasteiger partial charge >= 0.3 is 0 Å². The number of carbonyl (C=O) groups excluding carboxylic acids is 3. The Morgan fingerprint density at radius 2 is 1.36 bits per heavy atom. The van der Waals surface area contributed by atoms with Crippen molar-refractivity contribution in [2.75, 3.05) is 13.1 Å². The first kappa shape index (κ1) is 18.2. The maximum Gasteiger partial charge on any atom is 0.251 e. The van der Waals surface area contributed by atoms with E-state index in [2.05, 4.69) is 16.0 Å². The normalized spacial score (nSPS) is 9.92. The Morgan fingerprint density at radius 3 is 2.04 bits per heavy atom. The van der Waals surface area contributed by atoms with Gasteiger partial charge in [0.05, 0.1) is 6.54 Å². The molecule has 2 aromatic rings. The zero-order valence-corrected chi connectivity index (χ0v) is 13.8. The van der Waals surface area contributed by atoms with E-state index in [9.17, 15) is 14.4 Å². The van der Waals surface area contributed by atoms with Gasteiger partial charge in [-0.25, -0.2) is 0 Å². The molecule has 25 heavy (non-hydrogen) atoms. The van der Waals surface area contributed by atoms with Crippen LogP contribution in [0.15, 0.2) is 60.7 Å². The fourth-order valence-corrected chi connectivity index (χ4v) is 2.11. The van der Waals surface area contributed by atoms with Crippen molar-refractivity contribution in [1.29, 1.82) is 0 Å². The highest BCUT2D eigenvalue weighted by Gasteiger charge is 2.07. The van der Waals surface area contributed by atoms with Crippen LogP contribution >= 0.6 is 0 Å². The Kier molecular flexibility index (Phi) is 7.18. The number of carbonyl (C=O) groups is 3. The monoisotopic (exact) mass is 339 g/mol. The molecule has 0 aromatic heterocycles. The summed E-state index contributed by atoms with van der Waals surface area (Å²) in [5, 5.41) is 7.92. The minimum atomic E-state index is -0.289. The van der Waals surface area contributed by atoms with E-state index in [0.717, 1.165) is 5.56 Å². The number of hydrogen-bond acceptors (Lipinski definition) is 3. The predicted octanol–water partition coefficient (Wildman–Crippen LogP) is 1.24. The predicted molar refractivity (Wildman–Crippen MR) is 94.7 cm³/mol. The quantitative estimate of drug-likeness (QED) is 0.676. The lowest BCUT2D eigenvalue weighted by Gasteiger charge is -2.08. The molecule has 0 unspecified atom stereocenters. The molecular formula is C19H21N3O3. The van der Waals surface area contributed by atoms with Crippen LogP contribution in [0.2, 0.25) is 0 Å². The molecule has 0 radical (unpaired) electrons. The molecule has 6 nitrogen and oxygen atoms in total. The van der Waals surface area contributed by atoms with Gasteiger partial charge in [-0.15, -0.1) is 0 Å². The van der Waals surface area contributed by atoms with Gasteiger partial charge in [-0.2, -0.15) is 0 Å². The second-order valence-electron chi connectivity index (χ2n) is 5.41. The Balaban J connectivity index is 1.59. The van der Waals surface area contributed by atoms with Crippen LogP contribution in [0.3, 0.4) is 0 Å². The van der Waals surface area contributed by atoms with Crippen LogP contribution in [-0.4, -0.2) is 30.8 Å². The van der Waals surface area contributed by atoms with Gasteiger partial charge in [0.15, 0.2) is 0 Å². The topological polar surface area (TPSA) is 87.3 Å². The first-order valence-electron chi connectivity index (χ1n) is 8.06. The summed E-state index contributed by atoms with van der Waals surface area (Å²) in [5.41, 5.74) is 1.54. The van der Waals surface area contributed by atoms with Crippen molar-refractivity contribution >= 4 is 17.7 Å². The lowest BCUT2D eigenvalue weighted by molar-refractivity contribution is -0.126. The molecular weight excluding hydrogens is 318 g/mol. The fraction of sp³-hybridized carbons (Fsp3) is 0.211. The van der Waals surface area contributed by atoms with Gasteiger partial charge in [-0.3, -0.25) is 14.4 Å². The van der Waals surface area contributed by atoms with E-state index in [1.807, 2.05) is 36.4 Å². The highest BCUT2D eigenvalue weighted by atomic mass is 16.2. The van der Waals surface area contributed by atoms with Gasteiger partial charge in [-0.1, -0.05) is 48.5 Å². The van der Waals surface area contributed by atoms with E-state index in [-0.39, 0.29) is 37.2 Å². The Morgan fingerprint density at radius 1 is 0.720 bits per heavy atom. The maximum absolute atomic E-state index is 11.8. The van der Waals surface area contributed by atoms with E-state index < -0.39 is 0 Å². The third-order valence-electron chi connectivity index (χ3n) is 3.45. The summed E-state index contributed by atoms with van der Waals surface area (Å²) in [5.74, 6) is -0.775. The van der Waals surface area contributed by atoms with Crippen molar-refractivity contribution in [3.63, 3.8) is 0 Å². The summed E-state index contributed by atoms with van der Waals surface area (Å²) in [6.07, 6.45) is 0.116. The van der Waals surface area contributed by atoms with Gasteiger partial charge in [0.25, 0.3) is 5.91 Å². The third kappa shape index (κ3) is 6.87. The summed E-state index contributed by atoms with van der Waals surface area (Å²) < 4.78 is 0. The molecule has 2 aromatic carbocycles. The summed E-state index contributed by atoms with van der Waals surface area (Å²) in [4.78, 5) is 35.2. The van der Waals surface area contributed by atoms with Gasteiger partial charge in [-0.05, 0) is 17.7 Å². The molecule has 0 aliphatic carbocycles. The molecule has 0 fully saturated rings. The molecule has 0 aliphatic rings. The maximum atomic E-state index is 11.8. The van der Waals surface area contributed by atoms with Crippen LogP contribution in [0.5, 0.6) is 0 Å². The standard InChI is InChI=1S/C19H21N3O3/c23-17(11-12-20-19(25)16-9-5-2-6-10-16)22-14-18(24)21-13-15-7-3-1-4-8-15/h1-10H,11-14H2,(H,20,25)(H,21,24)(H,22,23). The highest BCUT2D eigenvalue weighted by molar-refractivity contribution is 5.94. The second kappa shape index (κ2) is 9.87. The van der Waals surface area contributed by atoms with E-state index in [4.69, 9.17) is 0 Å². The number of hydrogen-bond donors (Lipinski definition) is 3. The lowest BCUT2D eigenvalue weighted by atomic mass is 10.2. The first-order valence-corrected chi connectivity index (χ1v) is 8.06. The van der Waals surface area contributed by atoms with Gasteiger partial charge < -0.3 is 16.0 Å². The van der Waals surface area contributed by atoms with Crippen molar-refractivity contribution in [3.05, 3.63) is 71.8 Å². The molecule has 0 bridgehead atoms. The molecule has 130 valence electrons. The summed E-state index contributed by atoms with van der Waals surface area (Å²) in [6.45, 7) is 0.548. The number of amides is 3. The molecule has 3 N–H and O–H groups in total. The number of benzene rings is 2. The SMILES string of the molecule is O=C(CCNC(=O)c1ccccc1)NCC(=O)NCc1ccccc1. The van der Waals surface area contributed by atoms with Crippen LogP contribution in [0.25, 0.3) is 0 Å². The van der Waals surface area contributed by atoms with Crippen LogP contribution in [0, 0.1) is 0 Å². The smallest absolute Gasteiger partial charge is 0.251 e. The van der Waals surface area contributed by atoms with E-state index in [1.54, 1.807) is 24.3 Å². The third-order valence-corrected chi connectivity index (χ3v) is 3.45. The molecule has 0 heterocycles. The minimum absolute atomic E-state index is 0.0850. The largest absolute Gasteiger partial charge is 0.352 e. The molecule has 0 saturated carbocycles. The van der Waals surface area contributed by atoms with Gasteiger partial charge in [0.2, 0.25) is 11.8 Å². The van der Waals surface area contributed by atoms with Crippen molar-refractivity contribution in [1.82, 2.24) is 16.0 Å². The Hall–Kier alpha value is -3.15. The summed E-state index contributed by atoms with van der Waals surface area (Å²) in [6, 6.07) is 18.3. The number of nitrogens with one attached hydrogen (secondary N) is 3. The van der Waals surface area contributed by atoms with Gasteiger partial charge in [0, 0.05) is 25.1 Å². The molecule has 0 spiro atoms. The van der Waals surface area contributed by atoms with Crippen molar-refractivity contribution in [3.8, 4) is 0 Å². The van der Waals surface area contributed by atoms with Crippen molar-refractivity contribution < 1.29 is 14.4 Å². The zero-order chi connectivity index (χ0) is 17.9. The average molecular weight is 339 g/mol. The zero-order valence-electron chi connectivity index (χ0n) is 13.8. The van der Waals surface area contributed by atoms with E-state index in [1.165, 1.54) is 0 Å². The minimum Gasteiger partial charge on any atom is -0.352 e. The molecule has 6 heteroatoms. The molecule has 2 rings (SSSR count). The summed E-state index contributed by atoms with van der Waals surface area (Å²) >= 11 is 0. The van der Waals surface area contributed by atoms with Crippen LogP contribution < -0.4 is 16.0 Å². The van der Waals surface area contributed by atoms with Crippen LogP contribution in [-0.2, 0) is 16.1 Å². The highest BCUT2D eigenvalue weighted by Crippen LogP contribution is 1.98. The van der Waals surface area contributed by atoms with Gasteiger partial charge in [0.1, 0.15) is 0 Å². The molecule has 0 aliphatic heterocycles. The Labute approximate surface area is 146 Å². The van der Waals surface area contributed by atoms with Crippen LogP contribution in [0.1, 0.15) is 22.3 Å². The molecule has 0 atom stereocenters. The van der Waals surface area contributed by atoms with E-state index in [0.29, 0.717) is 12.1 Å².